The normalized spacial score (nSPS) is 12.4. The van der Waals surface area contributed by atoms with E-state index in [0.29, 0.717) is 0 Å². The van der Waals surface area contributed by atoms with Gasteiger partial charge in [0.1, 0.15) is 11.2 Å². The van der Waals surface area contributed by atoms with Gasteiger partial charge in [0, 0.05) is 32.3 Å². The number of aromatic nitrogens is 1. The average Bonchev–Trinajstić information content (AvgIpc) is 3.75. The first kappa shape index (κ1) is 26.1. The summed E-state index contributed by atoms with van der Waals surface area (Å²) in [5.41, 5.74) is 12.5. The van der Waals surface area contributed by atoms with E-state index >= 15 is 0 Å². The summed E-state index contributed by atoms with van der Waals surface area (Å²) in [6.07, 6.45) is 4.34. The van der Waals surface area contributed by atoms with Gasteiger partial charge in [-0.2, -0.15) is 0 Å². The summed E-state index contributed by atoms with van der Waals surface area (Å²) in [6, 6.07) is 47.9. The minimum atomic E-state index is 0.918. The molecule has 2 heteroatoms. The van der Waals surface area contributed by atoms with E-state index in [2.05, 4.69) is 157 Å². The molecule has 0 aliphatic rings. The first-order valence-corrected chi connectivity index (χ1v) is 16.1. The van der Waals surface area contributed by atoms with Crippen LogP contribution in [0.2, 0.25) is 0 Å². The van der Waals surface area contributed by atoms with Crippen LogP contribution in [-0.2, 0) is 0 Å². The predicted molar refractivity (Wildman–Crippen MR) is 201 cm³/mol. The lowest BCUT2D eigenvalue weighted by Crippen LogP contribution is -1.86. The van der Waals surface area contributed by atoms with Crippen LogP contribution in [0.5, 0.6) is 0 Å². The fourth-order valence-electron chi connectivity index (χ4n) is 7.66. The lowest BCUT2D eigenvalue weighted by atomic mass is 9.97. The van der Waals surface area contributed by atoms with Crippen LogP contribution < -0.4 is 0 Å². The fourth-order valence-corrected chi connectivity index (χ4v) is 7.66. The molecule has 0 saturated heterocycles. The predicted octanol–water partition coefficient (Wildman–Crippen LogP) is 12.6. The molecule has 0 amide bonds. The van der Waals surface area contributed by atoms with Crippen LogP contribution >= 0.6 is 0 Å². The molecule has 10 rings (SSSR count). The summed E-state index contributed by atoms with van der Waals surface area (Å²) >= 11 is 0. The molecule has 3 aromatic heterocycles. The van der Waals surface area contributed by atoms with E-state index in [4.69, 9.17) is 4.42 Å². The Morgan fingerprint density at radius 3 is 2.21 bits per heavy atom. The Kier molecular flexibility index (Phi) is 5.39. The highest BCUT2D eigenvalue weighted by molar-refractivity contribution is 6.35. The molecule has 220 valence electrons. The van der Waals surface area contributed by atoms with E-state index < -0.39 is 0 Å². The van der Waals surface area contributed by atoms with Crippen molar-refractivity contribution in [3.63, 3.8) is 0 Å². The number of rotatable bonds is 4. The Labute approximate surface area is 271 Å². The molecule has 3 heterocycles. The molecule has 0 aliphatic heterocycles. The van der Waals surface area contributed by atoms with Crippen LogP contribution in [0, 0.1) is 6.92 Å². The molecule has 0 atom stereocenters. The minimum Gasteiger partial charge on any atom is -0.456 e. The summed E-state index contributed by atoms with van der Waals surface area (Å²) in [5, 5.41) is 9.75. The Morgan fingerprint density at radius 2 is 1.36 bits per heavy atom. The molecule has 2 nitrogen and oxygen atoms in total. The summed E-state index contributed by atoms with van der Waals surface area (Å²) in [7, 11) is 0. The van der Waals surface area contributed by atoms with Gasteiger partial charge in [0.25, 0.3) is 0 Å². The van der Waals surface area contributed by atoms with E-state index in [0.717, 1.165) is 27.7 Å². The van der Waals surface area contributed by atoms with Gasteiger partial charge in [-0.3, -0.25) is 0 Å². The molecule has 0 aliphatic carbocycles. The molecular formula is C45H29NO. The first-order valence-electron chi connectivity index (χ1n) is 16.1. The number of aryl methyl sites for hydroxylation is 1. The second kappa shape index (κ2) is 9.69. The van der Waals surface area contributed by atoms with Gasteiger partial charge in [0.05, 0.1) is 16.6 Å². The monoisotopic (exact) mass is 599 g/mol. The van der Waals surface area contributed by atoms with Crippen molar-refractivity contribution in [2.24, 2.45) is 0 Å². The molecule has 47 heavy (non-hydrogen) atoms. The Balaban J connectivity index is 1.30. The summed E-state index contributed by atoms with van der Waals surface area (Å²) in [6.45, 7) is 6.56. The second-order valence-corrected chi connectivity index (χ2v) is 12.7. The van der Waals surface area contributed by atoms with E-state index in [1.807, 2.05) is 6.07 Å². The SMILES string of the molecule is C=C(/C=C\c1cc2c3c4c(cc5c6cc7ccc(-c8ccccc8)cc7cc6n(c2cc1C)c53)oc1ccccc14)c1ccccc1. The molecular weight excluding hydrogens is 571 g/mol. The lowest BCUT2D eigenvalue weighted by Gasteiger charge is -2.07. The number of nitrogens with zero attached hydrogens (tertiary/aromatic N) is 1. The standard InChI is InChI=1S/C45H29NO/c1-27(29-11-5-3-6-12-29)17-18-31-23-38-39(21-28(31)2)46-40-25-34-22-32(30-13-7-4-8-14-30)19-20-33(34)24-36(40)37-26-42-43(44(38)45(37)46)35-15-9-10-16-41(35)47-42/h3-26H,1H2,2H3/b18-17-. The Bertz CT molecular complexity index is 2900. The molecule has 0 unspecified atom stereocenters. The highest BCUT2D eigenvalue weighted by atomic mass is 16.3. The quantitative estimate of drug-likeness (QED) is 0.184. The van der Waals surface area contributed by atoms with Gasteiger partial charge in [0.2, 0.25) is 0 Å². The van der Waals surface area contributed by atoms with E-state index in [1.165, 1.54) is 76.5 Å². The maximum absolute atomic E-state index is 6.56. The van der Waals surface area contributed by atoms with Gasteiger partial charge in [-0.1, -0.05) is 110 Å². The Morgan fingerprint density at radius 1 is 0.596 bits per heavy atom. The molecule has 0 fully saturated rings. The van der Waals surface area contributed by atoms with Crippen LogP contribution in [0.3, 0.4) is 0 Å². The Hall–Kier alpha value is -6.12. The van der Waals surface area contributed by atoms with Crippen molar-refractivity contribution in [3.8, 4) is 11.1 Å². The number of furan rings is 1. The number of allylic oxidation sites excluding steroid dienone is 2. The van der Waals surface area contributed by atoms with Crippen LogP contribution in [0.25, 0.3) is 93.6 Å². The maximum atomic E-state index is 6.56. The molecule has 7 aromatic carbocycles. The largest absolute Gasteiger partial charge is 0.456 e. The van der Waals surface area contributed by atoms with Crippen LogP contribution in [0.4, 0.5) is 0 Å². The zero-order valence-electron chi connectivity index (χ0n) is 25.9. The summed E-state index contributed by atoms with van der Waals surface area (Å²) in [5.74, 6) is 0. The maximum Gasteiger partial charge on any atom is 0.136 e. The van der Waals surface area contributed by atoms with Gasteiger partial charge in [-0.05, 0) is 93.6 Å². The topological polar surface area (TPSA) is 17.6 Å². The zero-order chi connectivity index (χ0) is 31.2. The van der Waals surface area contributed by atoms with Crippen molar-refractivity contribution in [2.45, 2.75) is 6.92 Å². The van der Waals surface area contributed by atoms with Gasteiger partial charge in [-0.15, -0.1) is 0 Å². The van der Waals surface area contributed by atoms with Crippen molar-refractivity contribution in [2.75, 3.05) is 0 Å². The second-order valence-electron chi connectivity index (χ2n) is 12.7. The number of hydrogen-bond donors (Lipinski definition) is 0. The third-order valence-corrected chi connectivity index (χ3v) is 9.96. The molecule has 0 spiro atoms. The fraction of sp³-hybridized carbons (Fsp3) is 0.0222. The molecule has 0 saturated carbocycles. The summed E-state index contributed by atoms with van der Waals surface area (Å²) in [4.78, 5) is 0. The van der Waals surface area contributed by atoms with Crippen LogP contribution in [0.15, 0.2) is 151 Å². The van der Waals surface area contributed by atoms with Crippen molar-refractivity contribution in [1.29, 1.82) is 0 Å². The highest BCUT2D eigenvalue weighted by Crippen LogP contribution is 2.47. The zero-order valence-corrected chi connectivity index (χ0v) is 25.9. The van der Waals surface area contributed by atoms with E-state index in [9.17, 15) is 0 Å². The van der Waals surface area contributed by atoms with Crippen LogP contribution in [0.1, 0.15) is 16.7 Å². The smallest absolute Gasteiger partial charge is 0.136 e. The van der Waals surface area contributed by atoms with Gasteiger partial charge < -0.3 is 8.82 Å². The summed E-state index contributed by atoms with van der Waals surface area (Å²) < 4.78 is 9.05. The van der Waals surface area contributed by atoms with E-state index in [1.54, 1.807) is 0 Å². The highest BCUT2D eigenvalue weighted by Gasteiger charge is 2.24. The molecule has 0 radical (unpaired) electrons. The molecule has 0 N–H and O–H groups in total. The van der Waals surface area contributed by atoms with Gasteiger partial charge in [-0.25, -0.2) is 0 Å². The minimum absolute atomic E-state index is 0.918. The van der Waals surface area contributed by atoms with Crippen molar-refractivity contribution in [1.82, 2.24) is 4.40 Å². The van der Waals surface area contributed by atoms with Crippen molar-refractivity contribution in [3.05, 3.63) is 163 Å². The van der Waals surface area contributed by atoms with Crippen LogP contribution in [-0.4, -0.2) is 4.40 Å². The number of fused-ring (bicyclic) bond motifs is 11. The number of para-hydroxylation sites is 1. The molecule has 10 aromatic rings. The molecule has 0 bridgehead atoms. The number of hydrogen-bond acceptors (Lipinski definition) is 1. The van der Waals surface area contributed by atoms with E-state index in [-0.39, 0.29) is 0 Å². The van der Waals surface area contributed by atoms with Gasteiger partial charge in [0.15, 0.2) is 0 Å². The van der Waals surface area contributed by atoms with Crippen molar-refractivity contribution >= 4 is 82.5 Å². The first-order chi connectivity index (χ1) is 23.1. The average molecular weight is 600 g/mol. The third-order valence-electron chi connectivity index (χ3n) is 9.96. The lowest BCUT2D eigenvalue weighted by molar-refractivity contribution is 0.669. The third kappa shape index (κ3) is 3.79. The number of benzene rings is 7. The van der Waals surface area contributed by atoms with Gasteiger partial charge >= 0.3 is 0 Å². The van der Waals surface area contributed by atoms with Crippen molar-refractivity contribution < 1.29 is 4.42 Å².